The summed E-state index contributed by atoms with van der Waals surface area (Å²) in [6.07, 6.45) is 7.16. The second-order valence-electron chi connectivity index (χ2n) is 5.18. The first-order chi connectivity index (χ1) is 10.6. The standard InChI is InChI=1S/C14H18N4O3S/c19-13-7-6-12(18(20)21)8-10(13)9-15-17-14(22)16-11-4-2-1-3-5-11/h6-9,11,19H,1-5H2,(H2,16,17,22)/b15-9-. The van der Waals surface area contributed by atoms with Crippen molar-refractivity contribution in [1.82, 2.24) is 10.7 Å². The maximum atomic E-state index is 10.7. The number of rotatable bonds is 4. The highest BCUT2D eigenvalue weighted by Gasteiger charge is 2.13. The van der Waals surface area contributed by atoms with Crippen LogP contribution in [-0.2, 0) is 0 Å². The number of nitro groups is 1. The molecule has 7 nitrogen and oxygen atoms in total. The molecule has 0 atom stereocenters. The lowest BCUT2D eigenvalue weighted by Gasteiger charge is -2.23. The molecule has 0 aromatic heterocycles. The molecule has 22 heavy (non-hydrogen) atoms. The van der Waals surface area contributed by atoms with Crippen molar-refractivity contribution in [3.8, 4) is 5.75 Å². The third-order valence-electron chi connectivity index (χ3n) is 3.53. The summed E-state index contributed by atoms with van der Waals surface area (Å²) >= 11 is 5.14. The fraction of sp³-hybridized carbons (Fsp3) is 0.429. The second-order valence-corrected chi connectivity index (χ2v) is 5.59. The van der Waals surface area contributed by atoms with Crippen LogP contribution >= 0.6 is 12.2 Å². The summed E-state index contributed by atoms with van der Waals surface area (Å²) in [6, 6.07) is 4.11. The molecule has 1 aromatic carbocycles. The Labute approximate surface area is 133 Å². The summed E-state index contributed by atoms with van der Waals surface area (Å²) < 4.78 is 0. The maximum Gasteiger partial charge on any atom is 0.270 e. The van der Waals surface area contributed by atoms with E-state index >= 15 is 0 Å². The van der Waals surface area contributed by atoms with Gasteiger partial charge in [0.1, 0.15) is 5.75 Å². The Balaban J connectivity index is 1.90. The first-order valence-electron chi connectivity index (χ1n) is 7.13. The monoisotopic (exact) mass is 322 g/mol. The van der Waals surface area contributed by atoms with Gasteiger partial charge in [0.2, 0.25) is 0 Å². The van der Waals surface area contributed by atoms with Crippen molar-refractivity contribution in [1.29, 1.82) is 0 Å². The van der Waals surface area contributed by atoms with E-state index in [0.29, 0.717) is 11.2 Å². The Hall–Kier alpha value is -2.22. The number of hydrazone groups is 1. The lowest BCUT2D eigenvalue weighted by Crippen LogP contribution is -2.40. The second kappa shape index (κ2) is 7.69. The predicted molar refractivity (Wildman–Crippen MR) is 88.1 cm³/mol. The summed E-state index contributed by atoms with van der Waals surface area (Å²) in [5.74, 6) is -0.0812. The van der Waals surface area contributed by atoms with Crippen LogP contribution in [0, 0.1) is 10.1 Å². The highest BCUT2D eigenvalue weighted by Crippen LogP contribution is 2.21. The van der Waals surface area contributed by atoms with Crippen molar-refractivity contribution in [2.24, 2.45) is 5.10 Å². The number of aromatic hydroxyl groups is 1. The summed E-state index contributed by atoms with van der Waals surface area (Å²) in [5.41, 5.74) is 2.81. The van der Waals surface area contributed by atoms with Gasteiger partial charge >= 0.3 is 0 Å². The van der Waals surface area contributed by atoms with E-state index in [0.717, 1.165) is 12.8 Å². The van der Waals surface area contributed by atoms with Gasteiger partial charge in [-0.2, -0.15) is 5.10 Å². The summed E-state index contributed by atoms with van der Waals surface area (Å²) in [7, 11) is 0. The molecular weight excluding hydrogens is 304 g/mol. The van der Waals surface area contributed by atoms with Crippen LogP contribution in [0.4, 0.5) is 5.69 Å². The van der Waals surface area contributed by atoms with Crippen LogP contribution in [0.15, 0.2) is 23.3 Å². The molecule has 1 fully saturated rings. The van der Waals surface area contributed by atoms with Crippen LogP contribution < -0.4 is 10.7 Å². The molecule has 0 saturated heterocycles. The number of benzene rings is 1. The normalized spacial score (nSPS) is 15.6. The first-order valence-corrected chi connectivity index (χ1v) is 7.54. The third kappa shape index (κ3) is 4.66. The predicted octanol–water partition coefficient (Wildman–Crippen LogP) is 2.43. The van der Waals surface area contributed by atoms with E-state index in [1.165, 1.54) is 43.7 Å². The van der Waals surface area contributed by atoms with E-state index < -0.39 is 4.92 Å². The lowest BCUT2D eigenvalue weighted by molar-refractivity contribution is -0.384. The van der Waals surface area contributed by atoms with Crippen LogP contribution in [-0.4, -0.2) is 27.4 Å². The van der Waals surface area contributed by atoms with E-state index in [2.05, 4.69) is 15.8 Å². The molecular formula is C14H18N4O3S. The largest absolute Gasteiger partial charge is 0.507 e. The molecule has 0 radical (unpaired) electrons. The summed E-state index contributed by atoms with van der Waals surface area (Å²) in [5, 5.41) is 27.9. The minimum atomic E-state index is -0.528. The van der Waals surface area contributed by atoms with Crippen molar-refractivity contribution in [2.75, 3.05) is 0 Å². The van der Waals surface area contributed by atoms with Crippen molar-refractivity contribution in [3.63, 3.8) is 0 Å². The molecule has 1 aromatic rings. The number of hydrogen-bond donors (Lipinski definition) is 3. The molecule has 3 N–H and O–H groups in total. The fourth-order valence-corrected chi connectivity index (χ4v) is 2.60. The number of phenols is 1. The molecule has 0 aliphatic heterocycles. The number of phenolic OH excluding ortho intramolecular Hbond substituents is 1. The number of nitrogens with zero attached hydrogens (tertiary/aromatic N) is 2. The number of non-ortho nitro benzene ring substituents is 1. The van der Waals surface area contributed by atoms with Crippen molar-refractivity contribution < 1.29 is 10.0 Å². The van der Waals surface area contributed by atoms with E-state index in [9.17, 15) is 15.2 Å². The fourth-order valence-electron chi connectivity index (χ4n) is 2.38. The molecule has 2 rings (SSSR count). The molecule has 0 amide bonds. The molecule has 0 spiro atoms. The molecule has 118 valence electrons. The number of nitrogens with one attached hydrogen (secondary N) is 2. The topological polar surface area (TPSA) is 99.8 Å². The van der Waals surface area contributed by atoms with Crippen LogP contribution in [0.5, 0.6) is 5.75 Å². The van der Waals surface area contributed by atoms with Gasteiger partial charge in [-0.3, -0.25) is 15.5 Å². The minimum Gasteiger partial charge on any atom is -0.507 e. The Morgan fingerprint density at radius 2 is 2.14 bits per heavy atom. The number of thiocarbonyl (C=S) groups is 1. The van der Waals surface area contributed by atoms with Gasteiger partial charge in [-0.25, -0.2) is 0 Å². The van der Waals surface area contributed by atoms with Gasteiger partial charge in [0.05, 0.1) is 11.1 Å². The zero-order valence-corrected chi connectivity index (χ0v) is 12.8. The molecule has 0 bridgehead atoms. The molecule has 1 saturated carbocycles. The van der Waals surface area contributed by atoms with Crippen molar-refractivity contribution >= 4 is 29.2 Å². The van der Waals surface area contributed by atoms with Gasteiger partial charge in [-0.1, -0.05) is 19.3 Å². The van der Waals surface area contributed by atoms with Gasteiger partial charge in [0, 0.05) is 23.7 Å². The van der Waals surface area contributed by atoms with Gasteiger partial charge in [0.15, 0.2) is 5.11 Å². The maximum absolute atomic E-state index is 10.7. The molecule has 0 heterocycles. The third-order valence-corrected chi connectivity index (χ3v) is 3.74. The average molecular weight is 322 g/mol. The Morgan fingerprint density at radius 3 is 2.82 bits per heavy atom. The van der Waals surface area contributed by atoms with Gasteiger partial charge in [0.25, 0.3) is 5.69 Å². The Bertz CT molecular complexity index is 585. The Morgan fingerprint density at radius 1 is 1.41 bits per heavy atom. The van der Waals surface area contributed by atoms with Crippen LogP contribution in [0.25, 0.3) is 0 Å². The van der Waals surface area contributed by atoms with E-state index in [1.54, 1.807) is 0 Å². The summed E-state index contributed by atoms with van der Waals surface area (Å²) in [6.45, 7) is 0. The van der Waals surface area contributed by atoms with Crippen LogP contribution in [0.1, 0.15) is 37.7 Å². The SMILES string of the molecule is O=[N+]([O-])c1ccc(O)c(/C=N\NC(=S)NC2CCCCC2)c1. The van der Waals surface area contributed by atoms with Crippen LogP contribution in [0.3, 0.4) is 0 Å². The number of hydrogen-bond acceptors (Lipinski definition) is 5. The average Bonchev–Trinajstić information content (AvgIpc) is 2.50. The number of nitro benzene ring substituents is 1. The van der Waals surface area contributed by atoms with Crippen molar-refractivity contribution in [3.05, 3.63) is 33.9 Å². The quantitative estimate of drug-likeness (QED) is 0.341. The molecule has 8 heteroatoms. The molecule has 0 unspecified atom stereocenters. The minimum absolute atomic E-state index is 0.0812. The summed E-state index contributed by atoms with van der Waals surface area (Å²) in [4.78, 5) is 10.2. The lowest BCUT2D eigenvalue weighted by atomic mass is 9.96. The van der Waals surface area contributed by atoms with Gasteiger partial charge in [-0.15, -0.1) is 0 Å². The molecule has 1 aliphatic rings. The van der Waals surface area contributed by atoms with E-state index in [-0.39, 0.29) is 17.0 Å². The zero-order valence-electron chi connectivity index (χ0n) is 12.0. The van der Waals surface area contributed by atoms with Gasteiger partial charge < -0.3 is 10.4 Å². The highest BCUT2D eigenvalue weighted by molar-refractivity contribution is 7.80. The van der Waals surface area contributed by atoms with E-state index in [1.807, 2.05) is 0 Å². The zero-order chi connectivity index (χ0) is 15.9. The Kier molecular flexibility index (Phi) is 5.65. The molecule has 1 aliphatic carbocycles. The van der Waals surface area contributed by atoms with Gasteiger partial charge in [-0.05, 0) is 31.1 Å². The van der Waals surface area contributed by atoms with E-state index in [4.69, 9.17) is 12.2 Å². The smallest absolute Gasteiger partial charge is 0.270 e. The first kappa shape index (κ1) is 16.2. The highest BCUT2D eigenvalue weighted by atomic mass is 32.1. The van der Waals surface area contributed by atoms with Crippen molar-refractivity contribution in [2.45, 2.75) is 38.1 Å². The van der Waals surface area contributed by atoms with Crippen LogP contribution in [0.2, 0.25) is 0 Å².